The summed E-state index contributed by atoms with van der Waals surface area (Å²) in [4.78, 5) is 11.9. The topological polar surface area (TPSA) is 41.5 Å². The molecule has 1 aliphatic rings. The predicted octanol–water partition coefficient (Wildman–Crippen LogP) is 3.08. The van der Waals surface area contributed by atoms with Gasteiger partial charge in [0.25, 0.3) is 0 Å². The largest absolute Gasteiger partial charge is 0.273 e. The van der Waals surface area contributed by atoms with Gasteiger partial charge < -0.3 is 0 Å². The number of hydrazone groups is 1. The normalized spacial score (nSPS) is 21.2. The smallest absolute Gasteiger partial charge is 0.243 e. The molecule has 1 aromatic rings. The zero-order chi connectivity index (χ0) is 13.0. The summed E-state index contributed by atoms with van der Waals surface area (Å²) < 4.78 is 0. The number of hydrogen-bond acceptors (Lipinski definition) is 2. The molecule has 2 atom stereocenters. The molecule has 0 spiro atoms. The Bertz CT molecular complexity index is 433. The molecule has 0 saturated heterocycles. The molecule has 1 saturated carbocycles. The van der Waals surface area contributed by atoms with Crippen molar-refractivity contribution >= 4 is 11.6 Å². The van der Waals surface area contributed by atoms with E-state index in [0.717, 1.165) is 25.0 Å². The lowest BCUT2D eigenvalue weighted by molar-refractivity contribution is -0.122. The van der Waals surface area contributed by atoms with Gasteiger partial charge in [0.1, 0.15) is 0 Å². The fourth-order valence-corrected chi connectivity index (χ4v) is 2.18. The highest BCUT2D eigenvalue weighted by Gasteiger charge is 2.43. The van der Waals surface area contributed by atoms with Gasteiger partial charge >= 0.3 is 0 Å². The van der Waals surface area contributed by atoms with Crippen LogP contribution in [-0.2, 0) is 4.79 Å². The van der Waals surface area contributed by atoms with Gasteiger partial charge in [-0.3, -0.25) is 4.79 Å². The minimum Gasteiger partial charge on any atom is -0.273 e. The zero-order valence-corrected chi connectivity index (χ0v) is 11.0. The van der Waals surface area contributed by atoms with Crippen molar-refractivity contribution in [1.82, 2.24) is 5.43 Å². The van der Waals surface area contributed by atoms with Gasteiger partial charge in [-0.25, -0.2) is 5.43 Å². The van der Waals surface area contributed by atoms with Crippen LogP contribution in [0.4, 0.5) is 0 Å². The van der Waals surface area contributed by atoms with E-state index in [0.29, 0.717) is 5.92 Å². The maximum atomic E-state index is 11.9. The first-order valence-corrected chi connectivity index (χ1v) is 6.66. The molecule has 1 N–H and O–H groups in total. The van der Waals surface area contributed by atoms with Gasteiger partial charge in [-0.1, -0.05) is 44.2 Å². The Morgan fingerprint density at radius 2 is 1.94 bits per heavy atom. The fraction of sp³-hybridized carbons (Fsp3) is 0.467. The standard InChI is InChI=1S/C15H20N2O/c1-3-12(4-2)16-17-15(18)14-10-13(14)11-8-6-5-7-9-11/h5-9,13-14H,3-4,10H2,1-2H3,(H,17,18)/t13-,14-/m1/s1. The van der Waals surface area contributed by atoms with E-state index in [9.17, 15) is 4.79 Å². The van der Waals surface area contributed by atoms with E-state index in [4.69, 9.17) is 0 Å². The summed E-state index contributed by atoms with van der Waals surface area (Å²) in [7, 11) is 0. The summed E-state index contributed by atoms with van der Waals surface area (Å²) in [6.45, 7) is 4.11. The van der Waals surface area contributed by atoms with Gasteiger partial charge in [-0.15, -0.1) is 0 Å². The number of carbonyl (C=O) groups is 1. The molecular formula is C15H20N2O. The van der Waals surface area contributed by atoms with Crippen molar-refractivity contribution in [3.05, 3.63) is 35.9 Å². The Hall–Kier alpha value is -1.64. The highest BCUT2D eigenvalue weighted by molar-refractivity contribution is 5.87. The van der Waals surface area contributed by atoms with E-state index in [1.54, 1.807) is 0 Å². The summed E-state index contributed by atoms with van der Waals surface area (Å²) in [5.74, 6) is 0.544. The first-order chi connectivity index (χ1) is 8.76. The van der Waals surface area contributed by atoms with E-state index >= 15 is 0 Å². The minimum absolute atomic E-state index is 0.0586. The Morgan fingerprint density at radius 1 is 1.28 bits per heavy atom. The molecule has 0 aliphatic heterocycles. The first-order valence-electron chi connectivity index (χ1n) is 6.66. The van der Waals surface area contributed by atoms with Crippen molar-refractivity contribution in [2.75, 3.05) is 0 Å². The Kier molecular flexibility index (Phi) is 4.13. The third kappa shape index (κ3) is 2.97. The molecule has 1 aliphatic carbocycles. The van der Waals surface area contributed by atoms with Gasteiger partial charge in [-0.05, 0) is 30.7 Å². The zero-order valence-electron chi connectivity index (χ0n) is 11.0. The van der Waals surface area contributed by atoms with Crippen molar-refractivity contribution in [3.63, 3.8) is 0 Å². The molecule has 0 bridgehead atoms. The molecular weight excluding hydrogens is 224 g/mol. The van der Waals surface area contributed by atoms with E-state index in [1.807, 2.05) is 18.2 Å². The third-order valence-electron chi connectivity index (χ3n) is 3.50. The van der Waals surface area contributed by atoms with Crippen molar-refractivity contribution < 1.29 is 4.79 Å². The average Bonchev–Trinajstić information content (AvgIpc) is 3.21. The van der Waals surface area contributed by atoms with Crippen LogP contribution in [0, 0.1) is 5.92 Å². The summed E-state index contributed by atoms with van der Waals surface area (Å²) >= 11 is 0. The number of rotatable bonds is 5. The monoisotopic (exact) mass is 244 g/mol. The van der Waals surface area contributed by atoms with Gasteiger partial charge in [0.15, 0.2) is 0 Å². The Morgan fingerprint density at radius 3 is 2.56 bits per heavy atom. The van der Waals surface area contributed by atoms with Crippen LogP contribution in [0.3, 0.4) is 0 Å². The maximum Gasteiger partial charge on any atom is 0.243 e. The summed E-state index contributed by atoms with van der Waals surface area (Å²) in [5, 5.41) is 4.17. The molecule has 0 heterocycles. The van der Waals surface area contributed by atoms with E-state index in [1.165, 1.54) is 5.56 Å². The van der Waals surface area contributed by atoms with Crippen LogP contribution in [0.15, 0.2) is 35.4 Å². The highest BCUT2D eigenvalue weighted by atomic mass is 16.2. The lowest BCUT2D eigenvalue weighted by atomic mass is 10.1. The summed E-state index contributed by atoms with van der Waals surface area (Å²) in [6, 6.07) is 10.2. The van der Waals surface area contributed by atoms with Crippen LogP contribution >= 0.6 is 0 Å². The lowest BCUT2D eigenvalue weighted by Gasteiger charge is -2.02. The van der Waals surface area contributed by atoms with Gasteiger partial charge in [0, 0.05) is 11.6 Å². The van der Waals surface area contributed by atoms with E-state index in [-0.39, 0.29) is 11.8 Å². The lowest BCUT2D eigenvalue weighted by Crippen LogP contribution is -2.21. The van der Waals surface area contributed by atoms with E-state index < -0.39 is 0 Å². The molecule has 0 aromatic heterocycles. The van der Waals surface area contributed by atoms with Crippen LogP contribution in [0.5, 0.6) is 0 Å². The van der Waals surface area contributed by atoms with Gasteiger partial charge in [0.2, 0.25) is 5.91 Å². The van der Waals surface area contributed by atoms with Crippen molar-refractivity contribution in [2.45, 2.75) is 39.0 Å². The molecule has 1 aromatic carbocycles. The average molecular weight is 244 g/mol. The van der Waals surface area contributed by atoms with Crippen LogP contribution < -0.4 is 5.43 Å². The number of carbonyl (C=O) groups excluding carboxylic acids is 1. The molecule has 1 amide bonds. The Labute approximate surface area is 108 Å². The first kappa shape index (κ1) is 12.8. The van der Waals surface area contributed by atoms with Crippen molar-refractivity contribution in [3.8, 4) is 0 Å². The number of hydrogen-bond donors (Lipinski definition) is 1. The quantitative estimate of drug-likeness (QED) is 0.627. The molecule has 3 heteroatoms. The van der Waals surface area contributed by atoms with Gasteiger partial charge in [-0.2, -0.15) is 5.10 Å². The molecule has 96 valence electrons. The van der Waals surface area contributed by atoms with Crippen LogP contribution in [-0.4, -0.2) is 11.6 Å². The van der Waals surface area contributed by atoms with Crippen molar-refractivity contribution in [2.24, 2.45) is 11.0 Å². The molecule has 18 heavy (non-hydrogen) atoms. The fourth-order valence-electron chi connectivity index (χ4n) is 2.18. The molecule has 1 fully saturated rings. The summed E-state index contributed by atoms with van der Waals surface area (Å²) in [5.41, 5.74) is 4.99. The maximum absolute atomic E-state index is 11.9. The SMILES string of the molecule is CCC(CC)=NNC(=O)[C@@H]1C[C@@H]1c1ccccc1. The van der Waals surface area contributed by atoms with Crippen LogP contribution in [0.1, 0.15) is 44.6 Å². The van der Waals surface area contributed by atoms with E-state index in [2.05, 4.69) is 36.5 Å². The minimum atomic E-state index is 0.0586. The number of benzene rings is 1. The van der Waals surface area contributed by atoms with Crippen LogP contribution in [0.25, 0.3) is 0 Å². The number of nitrogens with one attached hydrogen (secondary N) is 1. The second kappa shape index (κ2) is 5.80. The molecule has 2 rings (SSSR count). The second-order valence-corrected chi connectivity index (χ2v) is 4.72. The number of amides is 1. The predicted molar refractivity (Wildman–Crippen MR) is 73.4 cm³/mol. The summed E-state index contributed by atoms with van der Waals surface area (Å²) in [6.07, 6.45) is 2.73. The third-order valence-corrected chi connectivity index (χ3v) is 3.50. The van der Waals surface area contributed by atoms with Crippen molar-refractivity contribution in [1.29, 1.82) is 0 Å². The molecule has 0 radical (unpaired) electrons. The molecule has 0 unspecified atom stereocenters. The van der Waals surface area contributed by atoms with Crippen LogP contribution in [0.2, 0.25) is 0 Å². The second-order valence-electron chi connectivity index (χ2n) is 4.72. The Balaban J connectivity index is 1.88. The van der Waals surface area contributed by atoms with Gasteiger partial charge in [0.05, 0.1) is 0 Å². The highest BCUT2D eigenvalue weighted by Crippen LogP contribution is 2.47. The number of nitrogens with zero attached hydrogens (tertiary/aromatic N) is 1. The molecule has 3 nitrogen and oxygen atoms in total.